The summed E-state index contributed by atoms with van der Waals surface area (Å²) in [4.78, 5) is 10.7. The first-order valence-electron chi connectivity index (χ1n) is 4.30. The molecule has 2 heteroatoms. The first kappa shape index (κ1) is 10.3. The maximum Gasteiger partial charge on any atom is 0.330 e. The number of benzene rings is 1. The lowest BCUT2D eigenvalue weighted by molar-refractivity contribution is -0.134. The third kappa shape index (κ3) is 3.72. The lowest BCUT2D eigenvalue weighted by Gasteiger charge is -1.89. The minimum atomic E-state index is -0.345. The summed E-state index contributed by atoms with van der Waals surface area (Å²) in [6.45, 7) is 0. The highest BCUT2D eigenvalue weighted by Crippen LogP contribution is 2.00. The molecule has 0 aliphatic carbocycles. The largest absolute Gasteiger partial charge is 0.466 e. The van der Waals surface area contributed by atoms with Gasteiger partial charge in [-0.15, -0.1) is 0 Å². The van der Waals surface area contributed by atoms with E-state index in [1.165, 1.54) is 13.2 Å². The van der Waals surface area contributed by atoms with Crippen LogP contribution < -0.4 is 0 Å². The lowest BCUT2D eigenvalue weighted by Crippen LogP contribution is -1.92. The molecular formula is C12H12O2. The number of ether oxygens (including phenoxy) is 1. The number of carbonyl (C=O) groups is 1. The molecule has 0 N–H and O–H groups in total. The third-order valence-corrected chi connectivity index (χ3v) is 1.63. The van der Waals surface area contributed by atoms with E-state index in [-0.39, 0.29) is 5.97 Å². The number of hydrogen-bond acceptors (Lipinski definition) is 2. The smallest absolute Gasteiger partial charge is 0.330 e. The summed E-state index contributed by atoms with van der Waals surface area (Å²) in [6, 6.07) is 9.86. The molecule has 0 atom stereocenters. The van der Waals surface area contributed by atoms with Crippen LogP contribution in [0.4, 0.5) is 0 Å². The van der Waals surface area contributed by atoms with E-state index >= 15 is 0 Å². The summed E-state index contributed by atoms with van der Waals surface area (Å²) in [5, 5.41) is 0. The molecule has 1 rings (SSSR count). The van der Waals surface area contributed by atoms with E-state index in [0.29, 0.717) is 0 Å². The summed E-state index contributed by atoms with van der Waals surface area (Å²) >= 11 is 0. The fraction of sp³-hybridized carbons (Fsp3) is 0.0833. The average Bonchev–Trinajstić information content (AvgIpc) is 2.25. The first-order chi connectivity index (χ1) is 6.83. The van der Waals surface area contributed by atoms with Gasteiger partial charge in [0.05, 0.1) is 7.11 Å². The van der Waals surface area contributed by atoms with E-state index in [0.717, 1.165) is 5.56 Å². The minimum Gasteiger partial charge on any atom is -0.466 e. The molecule has 72 valence electrons. The Balaban J connectivity index is 2.50. The zero-order chi connectivity index (χ0) is 10.2. The van der Waals surface area contributed by atoms with Crippen molar-refractivity contribution in [2.45, 2.75) is 0 Å². The van der Waals surface area contributed by atoms with Crippen molar-refractivity contribution in [2.75, 3.05) is 7.11 Å². The molecule has 2 nitrogen and oxygen atoms in total. The summed E-state index contributed by atoms with van der Waals surface area (Å²) in [6.07, 6.45) is 6.74. The van der Waals surface area contributed by atoms with Gasteiger partial charge in [0.1, 0.15) is 0 Å². The predicted octanol–water partition coefficient (Wildman–Crippen LogP) is 2.43. The summed E-state index contributed by atoms with van der Waals surface area (Å²) in [5.41, 5.74) is 1.10. The van der Waals surface area contributed by atoms with Crippen LogP contribution >= 0.6 is 0 Å². The number of methoxy groups -OCH3 is 1. The Morgan fingerprint density at radius 3 is 2.57 bits per heavy atom. The van der Waals surface area contributed by atoms with E-state index in [4.69, 9.17) is 0 Å². The zero-order valence-electron chi connectivity index (χ0n) is 8.01. The van der Waals surface area contributed by atoms with Crippen molar-refractivity contribution in [3.8, 4) is 0 Å². The van der Waals surface area contributed by atoms with Crippen LogP contribution in [0.15, 0.2) is 48.6 Å². The van der Waals surface area contributed by atoms with Gasteiger partial charge < -0.3 is 4.74 Å². The van der Waals surface area contributed by atoms with Gasteiger partial charge >= 0.3 is 5.97 Å². The van der Waals surface area contributed by atoms with Crippen LogP contribution in [-0.4, -0.2) is 13.1 Å². The molecular weight excluding hydrogens is 176 g/mol. The van der Waals surface area contributed by atoms with Crippen LogP contribution in [-0.2, 0) is 9.53 Å². The Hall–Kier alpha value is -1.83. The number of rotatable bonds is 3. The van der Waals surface area contributed by atoms with Crippen molar-refractivity contribution in [3.63, 3.8) is 0 Å². The molecule has 0 unspecified atom stereocenters. The SMILES string of the molecule is COC(=O)C=CC=Cc1ccccc1. The Kier molecular flexibility index (Phi) is 4.21. The van der Waals surface area contributed by atoms with Gasteiger partial charge in [-0.05, 0) is 5.56 Å². The molecule has 0 aromatic heterocycles. The van der Waals surface area contributed by atoms with Gasteiger partial charge in [0.15, 0.2) is 0 Å². The fourth-order valence-corrected chi connectivity index (χ4v) is 0.933. The van der Waals surface area contributed by atoms with E-state index in [2.05, 4.69) is 4.74 Å². The molecule has 0 radical (unpaired) electrons. The molecule has 0 saturated carbocycles. The van der Waals surface area contributed by atoms with E-state index in [1.807, 2.05) is 36.4 Å². The van der Waals surface area contributed by atoms with Crippen molar-refractivity contribution in [1.82, 2.24) is 0 Å². The van der Waals surface area contributed by atoms with Crippen LogP contribution in [0.3, 0.4) is 0 Å². The number of carbonyl (C=O) groups excluding carboxylic acids is 1. The highest BCUT2D eigenvalue weighted by Gasteiger charge is 1.86. The van der Waals surface area contributed by atoms with E-state index < -0.39 is 0 Å². The lowest BCUT2D eigenvalue weighted by atomic mass is 10.2. The topological polar surface area (TPSA) is 26.3 Å². The normalized spacial score (nSPS) is 10.9. The molecule has 1 aromatic carbocycles. The van der Waals surface area contributed by atoms with Crippen LogP contribution in [0, 0.1) is 0 Å². The third-order valence-electron chi connectivity index (χ3n) is 1.63. The van der Waals surface area contributed by atoms with Crippen LogP contribution in [0.5, 0.6) is 0 Å². The Bertz CT molecular complexity index is 337. The van der Waals surface area contributed by atoms with Gasteiger partial charge in [-0.1, -0.05) is 48.6 Å². The second-order valence-electron chi connectivity index (χ2n) is 2.65. The average molecular weight is 188 g/mol. The second kappa shape index (κ2) is 5.75. The molecule has 0 amide bonds. The van der Waals surface area contributed by atoms with E-state index in [1.54, 1.807) is 12.2 Å². The molecule has 0 heterocycles. The van der Waals surface area contributed by atoms with Gasteiger partial charge in [0.2, 0.25) is 0 Å². The Morgan fingerprint density at radius 2 is 1.93 bits per heavy atom. The van der Waals surface area contributed by atoms with Gasteiger partial charge in [0.25, 0.3) is 0 Å². The number of hydrogen-bond donors (Lipinski definition) is 0. The predicted molar refractivity (Wildman–Crippen MR) is 56.6 cm³/mol. The highest BCUT2D eigenvalue weighted by molar-refractivity contribution is 5.82. The molecule has 0 spiro atoms. The molecule has 0 bridgehead atoms. The summed E-state index contributed by atoms with van der Waals surface area (Å²) < 4.78 is 4.44. The van der Waals surface area contributed by atoms with Crippen molar-refractivity contribution in [3.05, 3.63) is 54.1 Å². The van der Waals surface area contributed by atoms with Crippen LogP contribution in [0.1, 0.15) is 5.56 Å². The molecule has 0 fully saturated rings. The summed E-state index contributed by atoms with van der Waals surface area (Å²) in [5.74, 6) is -0.345. The highest BCUT2D eigenvalue weighted by atomic mass is 16.5. The number of allylic oxidation sites excluding steroid dienone is 2. The van der Waals surface area contributed by atoms with Crippen LogP contribution in [0.2, 0.25) is 0 Å². The first-order valence-corrected chi connectivity index (χ1v) is 4.30. The van der Waals surface area contributed by atoms with Crippen molar-refractivity contribution in [2.24, 2.45) is 0 Å². The maximum atomic E-state index is 10.7. The van der Waals surface area contributed by atoms with Gasteiger partial charge in [-0.25, -0.2) is 4.79 Å². The van der Waals surface area contributed by atoms with Gasteiger partial charge in [0, 0.05) is 6.08 Å². The second-order valence-corrected chi connectivity index (χ2v) is 2.65. The fourth-order valence-electron chi connectivity index (χ4n) is 0.933. The quantitative estimate of drug-likeness (QED) is 0.413. The van der Waals surface area contributed by atoms with Crippen molar-refractivity contribution < 1.29 is 9.53 Å². The number of esters is 1. The monoisotopic (exact) mass is 188 g/mol. The van der Waals surface area contributed by atoms with Crippen molar-refractivity contribution in [1.29, 1.82) is 0 Å². The zero-order valence-corrected chi connectivity index (χ0v) is 8.01. The molecule has 1 aromatic rings. The van der Waals surface area contributed by atoms with Gasteiger partial charge in [-0.3, -0.25) is 0 Å². The molecule has 0 aliphatic heterocycles. The van der Waals surface area contributed by atoms with Crippen molar-refractivity contribution >= 4 is 12.0 Å². The van der Waals surface area contributed by atoms with Crippen LogP contribution in [0.25, 0.3) is 6.08 Å². The van der Waals surface area contributed by atoms with E-state index in [9.17, 15) is 4.79 Å². The molecule has 0 aliphatic rings. The Labute approximate surface area is 83.5 Å². The maximum absolute atomic E-state index is 10.7. The summed E-state index contributed by atoms with van der Waals surface area (Å²) in [7, 11) is 1.35. The Morgan fingerprint density at radius 1 is 1.21 bits per heavy atom. The minimum absolute atomic E-state index is 0.345. The standard InChI is InChI=1S/C12H12O2/c1-14-12(13)10-6-5-9-11-7-3-2-4-8-11/h2-10H,1H3. The molecule has 14 heavy (non-hydrogen) atoms. The molecule has 0 saturated heterocycles. The van der Waals surface area contributed by atoms with Gasteiger partial charge in [-0.2, -0.15) is 0 Å².